The van der Waals surface area contributed by atoms with E-state index in [1.807, 2.05) is 31.2 Å². The number of carbonyl (C=O) groups is 1. The largest absolute Gasteiger partial charge is 0.462 e. The Balaban J connectivity index is 2.13. The van der Waals surface area contributed by atoms with Crippen molar-refractivity contribution in [3.05, 3.63) is 57.7 Å². The predicted octanol–water partition coefficient (Wildman–Crippen LogP) is 4.68. The van der Waals surface area contributed by atoms with E-state index in [4.69, 9.17) is 4.74 Å². The summed E-state index contributed by atoms with van der Waals surface area (Å²) in [6.45, 7) is 4.35. The first kappa shape index (κ1) is 15.7. The lowest BCUT2D eigenvalue weighted by atomic mass is 10.1. The van der Waals surface area contributed by atoms with Crippen LogP contribution in [0.3, 0.4) is 0 Å². The van der Waals surface area contributed by atoms with Gasteiger partial charge in [0.25, 0.3) is 0 Å². The molecule has 0 N–H and O–H groups in total. The van der Waals surface area contributed by atoms with Gasteiger partial charge in [0.05, 0.1) is 12.2 Å². The maximum atomic E-state index is 12.7. The number of unbranched alkanes of at least 4 members (excludes halogenated alkanes) is 1. The molecular weight excluding hydrogens is 308 g/mol. The highest BCUT2D eigenvalue weighted by atomic mass is 32.1. The summed E-state index contributed by atoms with van der Waals surface area (Å²) in [4.78, 5) is 24.9. The number of ether oxygens (including phenoxy) is 1. The lowest BCUT2D eigenvalue weighted by Gasteiger charge is -2.08. The summed E-state index contributed by atoms with van der Waals surface area (Å²) in [6.07, 6.45) is 1.84. The van der Waals surface area contributed by atoms with E-state index in [0.717, 1.165) is 33.2 Å². The maximum absolute atomic E-state index is 12.7. The number of hydrogen-bond donors (Lipinski definition) is 0. The molecule has 0 bridgehead atoms. The van der Waals surface area contributed by atoms with Crippen LogP contribution >= 0.6 is 11.3 Å². The molecule has 0 unspecified atom stereocenters. The number of hydrogen-bond acceptors (Lipinski definition) is 4. The Bertz CT molecular complexity index is 940. The van der Waals surface area contributed by atoms with E-state index in [-0.39, 0.29) is 11.4 Å². The van der Waals surface area contributed by atoms with Crippen LogP contribution in [0.5, 0.6) is 0 Å². The molecule has 0 spiro atoms. The number of rotatable bonds is 4. The molecule has 0 radical (unpaired) electrons. The minimum atomic E-state index is -0.323. The summed E-state index contributed by atoms with van der Waals surface area (Å²) >= 11 is 1.53. The van der Waals surface area contributed by atoms with Crippen LogP contribution in [0.4, 0.5) is 0 Å². The molecule has 1 aromatic heterocycles. The quantitative estimate of drug-likeness (QED) is 0.397. The van der Waals surface area contributed by atoms with Gasteiger partial charge in [0.15, 0.2) is 5.43 Å². The van der Waals surface area contributed by atoms with Gasteiger partial charge in [-0.1, -0.05) is 25.5 Å². The van der Waals surface area contributed by atoms with E-state index in [1.54, 1.807) is 12.1 Å². The van der Waals surface area contributed by atoms with Crippen molar-refractivity contribution in [3.63, 3.8) is 0 Å². The van der Waals surface area contributed by atoms with Crippen LogP contribution in [-0.2, 0) is 4.74 Å². The van der Waals surface area contributed by atoms with Crippen LogP contribution in [0.1, 0.15) is 35.7 Å². The standard InChI is InChI=1S/C19H18O3S/c1-3-4-9-22-19(21)13-10-12(2)17-16(11-13)23-15-8-6-5-7-14(15)18(17)20/h5-8,10-11H,3-4,9H2,1-2H3. The molecule has 0 aliphatic rings. The van der Waals surface area contributed by atoms with E-state index >= 15 is 0 Å². The SMILES string of the molecule is CCCCOC(=O)c1cc(C)c2c(=O)c3ccccc3sc2c1. The zero-order valence-electron chi connectivity index (χ0n) is 13.2. The molecule has 2 aromatic carbocycles. The molecular formula is C19H18O3S. The van der Waals surface area contributed by atoms with Gasteiger partial charge in [-0.2, -0.15) is 0 Å². The van der Waals surface area contributed by atoms with Gasteiger partial charge < -0.3 is 4.74 Å². The van der Waals surface area contributed by atoms with Gasteiger partial charge in [-0.25, -0.2) is 4.79 Å². The number of fused-ring (bicyclic) bond motifs is 2. The lowest BCUT2D eigenvalue weighted by Crippen LogP contribution is -2.08. The Morgan fingerprint density at radius 1 is 1.17 bits per heavy atom. The second-order valence-electron chi connectivity index (χ2n) is 5.58. The number of esters is 1. The van der Waals surface area contributed by atoms with Crippen molar-refractivity contribution < 1.29 is 9.53 Å². The second-order valence-corrected chi connectivity index (χ2v) is 6.67. The molecule has 0 fully saturated rings. The summed E-state index contributed by atoms with van der Waals surface area (Å²) in [5.74, 6) is -0.323. The number of benzene rings is 2. The Hall–Kier alpha value is -2.20. The molecule has 0 saturated carbocycles. The van der Waals surface area contributed by atoms with Gasteiger partial charge in [0.2, 0.25) is 0 Å². The molecule has 1 heterocycles. The van der Waals surface area contributed by atoms with Crippen molar-refractivity contribution >= 4 is 37.5 Å². The molecule has 23 heavy (non-hydrogen) atoms. The lowest BCUT2D eigenvalue weighted by molar-refractivity contribution is 0.0500. The molecule has 0 amide bonds. The average molecular weight is 326 g/mol. The van der Waals surface area contributed by atoms with Crippen LogP contribution < -0.4 is 5.43 Å². The fourth-order valence-electron chi connectivity index (χ4n) is 2.63. The summed E-state index contributed by atoms with van der Waals surface area (Å²) in [7, 11) is 0. The third-order valence-electron chi connectivity index (χ3n) is 3.84. The first-order valence-electron chi connectivity index (χ1n) is 7.75. The number of carbonyl (C=O) groups excluding carboxylic acids is 1. The summed E-state index contributed by atoms with van der Waals surface area (Å²) < 4.78 is 7.04. The molecule has 0 atom stereocenters. The van der Waals surface area contributed by atoms with Crippen LogP contribution in [0.25, 0.3) is 20.2 Å². The van der Waals surface area contributed by atoms with Crippen LogP contribution in [0.15, 0.2) is 41.2 Å². The van der Waals surface area contributed by atoms with Crippen molar-refractivity contribution in [1.82, 2.24) is 0 Å². The van der Waals surface area contributed by atoms with Crippen molar-refractivity contribution in [2.24, 2.45) is 0 Å². The monoisotopic (exact) mass is 326 g/mol. The molecule has 4 heteroatoms. The van der Waals surface area contributed by atoms with E-state index in [1.165, 1.54) is 11.3 Å². The van der Waals surface area contributed by atoms with Crippen molar-refractivity contribution in [3.8, 4) is 0 Å². The van der Waals surface area contributed by atoms with Gasteiger partial charge >= 0.3 is 5.97 Å². The molecule has 3 aromatic rings. The fraction of sp³-hybridized carbons (Fsp3) is 0.263. The molecule has 3 rings (SSSR count). The molecule has 3 nitrogen and oxygen atoms in total. The first-order chi connectivity index (χ1) is 11.1. The average Bonchev–Trinajstić information content (AvgIpc) is 2.54. The van der Waals surface area contributed by atoms with Crippen molar-refractivity contribution in [1.29, 1.82) is 0 Å². The smallest absolute Gasteiger partial charge is 0.338 e. The highest BCUT2D eigenvalue weighted by Gasteiger charge is 2.13. The third-order valence-corrected chi connectivity index (χ3v) is 4.96. The van der Waals surface area contributed by atoms with Crippen LogP contribution in [0, 0.1) is 6.92 Å². The minimum absolute atomic E-state index is 0.0257. The predicted molar refractivity (Wildman–Crippen MR) is 95.5 cm³/mol. The molecule has 0 saturated heterocycles. The summed E-state index contributed by atoms with van der Waals surface area (Å²) in [5, 5.41) is 1.42. The first-order valence-corrected chi connectivity index (χ1v) is 8.56. The fourth-order valence-corrected chi connectivity index (χ4v) is 3.83. The molecule has 118 valence electrons. The van der Waals surface area contributed by atoms with E-state index in [9.17, 15) is 9.59 Å². The zero-order valence-corrected chi connectivity index (χ0v) is 14.0. The van der Waals surface area contributed by atoms with Crippen LogP contribution in [0.2, 0.25) is 0 Å². The van der Waals surface area contributed by atoms with Gasteiger partial charge in [-0.05, 0) is 43.2 Å². The zero-order chi connectivity index (χ0) is 16.4. The second kappa shape index (κ2) is 6.50. The van der Waals surface area contributed by atoms with E-state index in [0.29, 0.717) is 17.6 Å². The van der Waals surface area contributed by atoms with Gasteiger partial charge in [0.1, 0.15) is 0 Å². The normalized spacial score (nSPS) is 11.0. The maximum Gasteiger partial charge on any atom is 0.338 e. The van der Waals surface area contributed by atoms with E-state index < -0.39 is 0 Å². The van der Waals surface area contributed by atoms with Gasteiger partial charge in [-0.15, -0.1) is 11.3 Å². The van der Waals surface area contributed by atoms with Crippen molar-refractivity contribution in [2.45, 2.75) is 26.7 Å². The van der Waals surface area contributed by atoms with Gasteiger partial charge in [0, 0.05) is 20.2 Å². The molecule has 0 aliphatic heterocycles. The molecule has 0 aliphatic carbocycles. The minimum Gasteiger partial charge on any atom is -0.462 e. The highest BCUT2D eigenvalue weighted by Crippen LogP contribution is 2.27. The van der Waals surface area contributed by atoms with Gasteiger partial charge in [-0.3, -0.25) is 4.79 Å². The highest BCUT2D eigenvalue weighted by molar-refractivity contribution is 7.24. The third kappa shape index (κ3) is 2.99. The summed E-state index contributed by atoms with van der Waals surface area (Å²) in [6, 6.07) is 11.1. The Morgan fingerprint density at radius 2 is 1.96 bits per heavy atom. The number of aryl methyl sites for hydroxylation is 1. The van der Waals surface area contributed by atoms with Crippen LogP contribution in [-0.4, -0.2) is 12.6 Å². The summed E-state index contributed by atoms with van der Waals surface area (Å²) in [5.41, 5.74) is 1.35. The Labute approximate surface area is 138 Å². The van der Waals surface area contributed by atoms with E-state index in [2.05, 4.69) is 6.92 Å². The Morgan fingerprint density at radius 3 is 2.74 bits per heavy atom. The van der Waals surface area contributed by atoms with Crippen molar-refractivity contribution in [2.75, 3.05) is 6.61 Å². The Kier molecular flexibility index (Phi) is 4.44. The topological polar surface area (TPSA) is 43.4 Å².